The van der Waals surface area contributed by atoms with Crippen LogP contribution in [0.15, 0.2) is 36.5 Å². The van der Waals surface area contributed by atoms with E-state index in [-0.39, 0.29) is 17.1 Å². The van der Waals surface area contributed by atoms with E-state index in [1.54, 1.807) is 0 Å². The van der Waals surface area contributed by atoms with Gasteiger partial charge < -0.3 is 5.32 Å². The summed E-state index contributed by atoms with van der Waals surface area (Å²) in [7, 11) is 0. The van der Waals surface area contributed by atoms with Crippen molar-refractivity contribution in [1.82, 2.24) is 4.98 Å². The van der Waals surface area contributed by atoms with Crippen molar-refractivity contribution in [3.63, 3.8) is 0 Å². The molecular weight excluding hydrogens is 303 g/mol. The maximum Gasteiger partial charge on any atom is 0.416 e. The molecule has 0 fully saturated rings. The molecule has 0 atom stereocenters. The lowest BCUT2D eigenvalue weighted by molar-refractivity contribution is -0.137. The van der Waals surface area contributed by atoms with Gasteiger partial charge in [0.15, 0.2) is 0 Å². The summed E-state index contributed by atoms with van der Waals surface area (Å²) in [6, 6.07) is 8.17. The monoisotopic (exact) mass is 311 g/mol. The second-order valence-corrected chi connectivity index (χ2v) is 4.56. The summed E-state index contributed by atoms with van der Waals surface area (Å²) in [5.74, 6) is 0.315. The highest BCUT2D eigenvalue weighted by molar-refractivity contribution is 6.34. The molecule has 3 nitrogen and oxygen atoms in total. The van der Waals surface area contributed by atoms with Gasteiger partial charge in [0.05, 0.1) is 11.1 Å². The van der Waals surface area contributed by atoms with Crippen molar-refractivity contribution in [2.75, 3.05) is 5.32 Å². The van der Waals surface area contributed by atoms with Crippen molar-refractivity contribution in [2.45, 2.75) is 12.7 Å². The number of nitriles is 1. The van der Waals surface area contributed by atoms with Crippen LogP contribution in [0.1, 0.15) is 16.7 Å². The van der Waals surface area contributed by atoms with Gasteiger partial charge in [-0.15, -0.1) is 0 Å². The molecule has 1 aromatic carbocycles. The number of anilines is 1. The predicted molar refractivity (Wildman–Crippen MR) is 72.7 cm³/mol. The molecule has 0 unspecified atom stereocenters. The Morgan fingerprint density at radius 1 is 1.19 bits per heavy atom. The molecule has 108 valence electrons. The standard InChI is InChI=1S/C14H9ClF3N3/c15-12-10(7-19)5-6-20-13(12)21-8-9-1-3-11(4-2-9)14(16,17)18/h1-6H,8H2,(H,20,21). The van der Waals surface area contributed by atoms with Crippen LogP contribution in [-0.4, -0.2) is 4.98 Å². The van der Waals surface area contributed by atoms with Crippen molar-refractivity contribution in [3.05, 3.63) is 58.2 Å². The summed E-state index contributed by atoms with van der Waals surface area (Å²) < 4.78 is 37.3. The van der Waals surface area contributed by atoms with Crippen molar-refractivity contribution in [3.8, 4) is 6.07 Å². The smallest absolute Gasteiger partial charge is 0.365 e. The first kappa shape index (κ1) is 15.1. The van der Waals surface area contributed by atoms with Gasteiger partial charge in [0.1, 0.15) is 16.9 Å². The summed E-state index contributed by atoms with van der Waals surface area (Å²) in [6.07, 6.45) is -2.92. The van der Waals surface area contributed by atoms with Gasteiger partial charge >= 0.3 is 6.18 Å². The molecule has 0 saturated heterocycles. The molecule has 21 heavy (non-hydrogen) atoms. The molecule has 0 aliphatic rings. The average Bonchev–Trinajstić information content (AvgIpc) is 2.46. The molecule has 0 radical (unpaired) electrons. The second-order valence-electron chi connectivity index (χ2n) is 4.18. The number of nitrogens with one attached hydrogen (secondary N) is 1. The van der Waals surface area contributed by atoms with E-state index in [4.69, 9.17) is 16.9 Å². The lowest BCUT2D eigenvalue weighted by Gasteiger charge is -2.10. The van der Waals surface area contributed by atoms with Crippen LogP contribution in [0.2, 0.25) is 5.02 Å². The van der Waals surface area contributed by atoms with Gasteiger partial charge in [0.2, 0.25) is 0 Å². The third-order valence-electron chi connectivity index (χ3n) is 2.75. The Labute approximate surface area is 124 Å². The molecule has 2 aromatic rings. The Hall–Kier alpha value is -2.26. The molecular formula is C14H9ClF3N3. The van der Waals surface area contributed by atoms with E-state index in [0.29, 0.717) is 11.4 Å². The van der Waals surface area contributed by atoms with E-state index in [0.717, 1.165) is 12.1 Å². The lowest BCUT2D eigenvalue weighted by Crippen LogP contribution is -2.06. The number of hydrogen-bond donors (Lipinski definition) is 1. The number of benzene rings is 1. The zero-order valence-electron chi connectivity index (χ0n) is 10.6. The number of nitrogens with zero attached hydrogens (tertiary/aromatic N) is 2. The molecule has 0 aliphatic heterocycles. The van der Waals surface area contributed by atoms with Crippen LogP contribution in [0, 0.1) is 11.3 Å². The lowest BCUT2D eigenvalue weighted by atomic mass is 10.1. The molecule has 0 spiro atoms. The van der Waals surface area contributed by atoms with Gasteiger partial charge in [0.25, 0.3) is 0 Å². The minimum atomic E-state index is -4.35. The zero-order valence-corrected chi connectivity index (χ0v) is 11.3. The van der Waals surface area contributed by atoms with Crippen molar-refractivity contribution in [2.24, 2.45) is 0 Å². The molecule has 7 heteroatoms. The van der Waals surface area contributed by atoms with Gasteiger partial charge in [-0.1, -0.05) is 23.7 Å². The Morgan fingerprint density at radius 3 is 2.43 bits per heavy atom. The van der Waals surface area contributed by atoms with Crippen molar-refractivity contribution >= 4 is 17.4 Å². The number of aromatic nitrogens is 1. The fraction of sp³-hybridized carbons (Fsp3) is 0.143. The van der Waals surface area contributed by atoms with Crippen molar-refractivity contribution < 1.29 is 13.2 Å². The van der Waals surface area contributed by atoms with Crippen molar-refractivity contribution in [1.29, 1.82) is 5.26 Å². The summed E-state index contributed by atoms with van der Waals surface area (Å²) in [6.45, 7) is 0.250. The summed E-state index contributed by atoms with van der Waals surface area (Å²) in [5.41, 5.74) is 0.221. The van der Waals surface area contributed by atoms with Gasteiger partial charge in [-0.25, -0.2) is 4.98 Å². The number of alkyl halides is 3. The molecule has 1 N–H and O–H groups in total. The van der Waals surface area contributed by atoms with E-state index in [9.17, 15) is 13.2 Å². The maximum absolute atomic E-state index is 12.4. The third kappa shape index (κ3) is 3.64. The molecule has 1 aromatic heterocycles. The number of pyridine rings is 1. The van der Waals surface area contributed by atoms with Crippen LogP contribution in [0.4, 0.5) is 19.0 Å². The van der Waals surface area contributed by atoms with E-state index >= 15 is 0 Å². The van der Waals surface area contributed by atoms with E-state index in [1.807, 2.05) is 6.07 Å². The second kappa shape index (κ2) is 6.02. The summed E-state index contributed by atoms with van der Waals surface area (Å²) >= 11 is 5.96. The average molecular weight is 312 g/mol. The number of halogens is 4. The Morgan fingerprint density at radius 2 is 1.86 bits per heavy atom. The first-order valence-electron chi connectivity index (χ1n) is 5.86. The topological polar surface area (TPSA) is 48.7 Å². The SMILES string of the molecule is N#Cc1ccnc(NCc2ccc(C(F)(F)F)cc2)c1Cl. The van der Waals surface area contributed by atoms with Crippen LogP contribution < -0.4 is 5.32 Å². The Kier molecular flexibility index (Phi) is 4.34. The first-order valence-corrected chi connectivity index (χ1v) is 6.24. The van der Waals surface area contributed by atoms with Gasteiger partial charge in [0, 0.05) is 12.7 Å². The predicted octanol–water partition coefficient (Wildman–Crippen LogP) is 4.24. The molecule has 1 heterocycles. The van der Waals surface area contributed by atoms with Crippen LogP contribution in [0.3, 0.4) is 0 Å². The molecule has 0 amide bonds. The molecule has 0 bridgehead atoms. The van der Waals surface area contributed by atoms with Crippen LogP contribution in [-0.2, 0) is 12.7 Å². The Bertz CT molecular complexity index is 675. The summed E-state index contributed by atoms with van der Waals surface area (Å²) in [5, 5.41) is 11.9. The van der Waals surface area contributed by atoms with Gasteiger partial charge in [-0.3, -0.25) is 0 Å². The zero-order chi connectivity index (χ0) is 15.5. The van der Waals surface area contributed by atoms with Crippen LogP contribution >= 0.6 is 11.6 Å². The number of rotatable bonds is 3. The van der Waals surface area contributed by atoms with Gasteiger partial charge in [-0.2, -0.15) is 18.4 Å². The van der Waals surface area contributed by atoms with Gasteiger partial charge in [-0.05, 0) is 23.8 Å². The fourth-order valence-corrected chi connectivity index (χ4v) is 1.87. The Balaban J connectivity index is 2.09. The maximum atomic E-state index is 12.4. The van der Waals surface area contributed by atoms with E-state index in [1.165, 1.54) is 24.4 Å². The minimum absolute atomic E-state index is 0.187. The highest BCUT2D eigenvalue weighted by Crippen LogP contribution is 2.29. The van der Waals surface area contributed by atoms with E-state index < -0.39 is 11.7 Å². The largest absolute Gasteiger partial charge is 0.416 e. The highest BCUT2D eigenvalue weighted by Gasteiger charge is 2.29. The van der Waals surface area contributed by atoms with Crippen LogP contribution in [0.5, 0.6) is 0 Å². The van der Waals surface area contributed by atoms with Crippen LogP contribution in [0.25, 0.3) is 0 Å². The molecule has 0 saturated carbocycles. The first-order chi connectivity index (χ1) is 9.91. The minimum Gasteiger partial charge on any atom is -0.365 e. The quantitative estimate of drug-likeness (QED) is 0.922. The highest BCUT2D eigenvalue weighted by atomic mass is 35.5. The third-order valence-corrected chi connectivity index (χ3v) is 3.13. The molecule has 0 aliphatic carbocycles. The van der Waals surface area contributed by atoms with E-state index in [2.05, 4.69) is 10.3 Å². The fourth-order valence-electron chi connectivity index (χ4n) is 1.65. The molecule has 2 rings (SSSR count). The summed E-state index contributed by atoms with van der Waals surface area (Å²) in [4.78, 5) is 3.98. The number of hydrogen-bond acceptors (Lipinski definition) is 3. The normalized spacial score (nSPS) is 11.0.